The third-order valence-corrected chi connectivity index (χ3v) is 2.78. The molecule has 0 saturated carbocycles. The Morgan fingerprint density at radius 1 is 1.53 bits per heavy atom. The van der Waals surface area contributed by atoms with E-state index in [0.717, 1.165) is 5.52 Å². The summed E-state index contributed by atoms with van der Waals surface area (Å²) in [6.07, 6.45) is 0. The molecule has 6 nitrogen and oxygen atoms in total. The average molecular weight is 235 g/mol. The van der Waals surface area contributed by atoms with Gasteiger partial charge in [-0.05, 0) is 24.6 Å². The van der Waals surface area contributed by atoms with Gasteiger partial charge in [0.2, 0.25) is 0 Å². The van der Waals surface area contributed by atoms with Gasteiger partial charge in [-0.2, -0.15) is 0 Å². The second-order valence-electron chi connectivity index (χ2n) is 3.86. The molecule has 2 rings (SSSR count). The first-order chi connectivity index (χ1) is 8.04. The van der Waals surface area contributed by atoms with Crippen molar-refractivity contribution in [3.05, 3.63) is 17.7 Å². The van der Waals surface area contributed by atoms with Gasteiger partial charge in [0.1, 0.15) is 16.8 Å². The van der Waals surface area contributed by atoms with Gasteiger partial charge in [-0.15, -0.1) is 5.10 Å². The summed E-state index contributed by atoms with van der Waals surface area (Å²) in [5, 5.41) is 16.9. The van der Waals surface area contributed by atoms with Crippen LogP contribution in [-0.4, -0.2) is 33.2 Å². The van der Waals surface area contributed by atoms with Crippen LogP contribution in [-0.2, 0) is 11.8 Å². The number of aliphatic carboxylic acids is 1. The average Bonchev–Trinajstić information content (AvgIpc) is 2.69. The molecule has 0 aliphatic heterocycles. The van der Waals surface area contributed by atoms with E-state index < -0.39 is 11.9 Å². The summed E-state index contributed by atoms with van der Waals surface area (Å²) in [4.78, 5) is 11.0. The largest absolute Gasteiger partial charge is 0.494 e. The van der Waals surface area contributed by atoms with E-state index in [9.17, 15) is 4.79 Å². The van der Waals surface area contributed by atoms with E-state index in [4.69, 9.17) is 9.84 Å². The summed E-state index contributed by atoms with van der Waals surface area (Å²) in [6.45, 7) is 1.62. The summed E-state index contributed by atoms with van der Waals surface area (Å²) in [5.41, 5.74) is 2.05. The standard InChI is InChI=1S/C11H13N3O3/c1-6(11(15)16)7-4-8-10(9(5-7)17-3)14(2)13-12-8/h4-6H,1-3H3,(H,15,16). The van der Waals surface area contributed by atoms with E-state index in [2.05, 4.69) is 10.3 Å². The fourth-order valence-corrected chi connectivity index (χ4v) is 1.72. The quantitative estimate of drug-likeness (QED) is 0.863. The molecule has 0 bridgehead atoms. The second kappa shape index (κ2) is 4.04. The van der Waals surface area contributed by atoms with Crippen molar-refractivity contribution in [3.63, 3.8) is 0 Å². The van der Waals surface area contributed by atoms with Crippen molar-refractivity contribution in [2.24, 2.45) is 7.05 Å². The molecule has 1 aromatic carbocycles. The van der Waals surface area contributed by atoms with Crippen LogP contribution < -0.4 is 4.74 Å². The van der Waals surface area contributed by atoms with Crippen molar-refractivity contribution in [3.8, 4) is 5.75 Å². The van der Waals surface area contributed by atoms with Crippen LogP contribution in [0.2, 0.25) is 0 Å². The highest BCUT2D eigenvalue weighted by Gasteiger charge is 2.18. The lowest BCUT2D eigenvalue weighted by molar-refractivity contribution is -0.138. The molecule has 0 saturated heterocycles. The van der Waals surface area contributed by atoms with Crippen LogP contribution in [0.5, 0.6) is 5.75 Å². The van der Waals surface area contributed by atoms with E-state index in [0.29, 0.717) is 16.8 Å². The molecule has 0 spiro atoms. The first-order valence-corrected chi connectivity index (χ1v) is 5.14. The lowest BCUT2D eigenvalue weighted by atomic mass is 10.0. The van der Waals surface area contributed by atoms with Gasteiger partial charge in [0.25, 0.3) is 0 Å². The van der Waals surface area contributed by atoms with Crippen LogP contribution in [0.15, 0.2) is 12.1 Å². The minimum absolute atomic E-state index is 0.582. The molecule has 1 aromatic heterocycles. The Morgan fingerprint density at radius 3 is 2.82 bits per heavy atom. The fraction of sp³-hybridized carbons (Fsp3) is 0.364. The van der Waals surface area contributed by atoms with Crippen LogP contribution in [0, 0.1) is 0 Å². The van der Waals surface area contributed by atoms with Gasteiger partial charge in [-0.3, -0.25) is 4.79 Å². The van der Waals surface area contributed by atoms with Crippen molar-refractivity contribution >= 4 is 17.0 Å². The predicted octanol–water partition coefficient (Wildman–Crippen LogP) is 1.16. The zero-order valence-corrected chi connectivity index (χ0v) is 9.84. The molecule has 1 unspecified atom stereocenters. The molecule has 17 heavy (non-hydrogen) atoms. The molecule has 1 N–H and O–H groups in total. The number of fused-ring (bicyclic) bond motifs is 1. The number of hydrogen-bond donors (Lipinski definition) is 1. The van der Waals surface area contributed by atoms with E-state index in [1.54, 1.807) is 30.8 Å². The molecule has 2 aromatic rings. The van der Waals surface area contributed by atoms with Gasteiger partial charge in [0.05, 0.1) is 13.0 Å². The Kier molecular flexibility index (Phi) is 2.71. The van der Waals surface area contributed by atoms with E-state index in [1.807, 2.05) is 0 Å². The summed E-state index contributed by atoms with van der Waals surface area (Å²) < 4.78 is 6.84. The first kappa shape index (κ1) is 11.4. The van der Waals surface area contributed by atoms with Gasteiger partial charge in [0, 0.05) is 7.05 Å². The summed E-state index contributed by atoms with van der Waals surface area (Å²) in [6, 6.07) is 3.44. The highest BCUT2D eigenvalue weighted by molar-refractivity contribution is 5.85. The lowest BCUT2D eigenvalue weighted by Crippen LogP contribution is -2.07. The van der Waals surface area contributed by atoms with Gasteiger partial charge in [-0.1, -0.05) is 5.21 Å². The molecular weight excluding hydrogens is 222 g/mol. The van der Waals surface area contributed by atoms with Gasteiger partial charge in [0.15, 0.2) is 0 Å². The maximum absolute atomic E-state index is 11.0. The minimum atomic E-state index is -0.879. The number of aryl methyl sites for hydroxylation is 1. The smallest absolute Gasteiger partial charge is 0.310 e. The maximum Gasteiger partial charge on any atom is 0.310 e. The van der Waals surface area contributed by atoms with Crippen LogP contribution in [0.4, 0.5) is 0 Å². The van der Waals surface area contributed by atoms with Crippen LogP contribution in [0.1, 0.15) is 18.4 Å². The SMILES string of the molecule is COc1cc(C(C)C(=O)O)cc2nnn(C)c12. The van der Waals surface area contributed by atoms with Gasteiger partial charge < -0.3 is 9.84 Å². The zero-order chi connectivity index (χ0) is 12.6. The van der Waals surface area contributed by atoms with Crippen LogP contribution in [0.3, 0.4) is 0 Å². The number of carbonyl (C=O) groups is 1. The van der Waals surface area contributed by atoms with Gasteiger partial charge in [-0.25, -0.2) is 4.68 Å². The number of nitrogens with zero attached hydrogens (tertiary/aromatic N) is 3. The van der Waals surface area contributed by atoms with E-state index >= 15 is 0 Å². The molecule has 0 radical (unpaired) electrons. The first-order valence-electron chi connectivity index (χ1n) is 5.14. The van der Waals surface area contributed by atoms with Crippen molar-refractivity contribution in [2.45, 2.75) is 12.8 Å². The highest BCUT2D eigenvalue weighted by Crippen LogP contribution is 2.29. The van der Waals surface area contributed by atoms with Crippen molar-refractivity contribution < 1.29 is 14.6 Å². The topological polar surface area (TPSA) is 77.2 Å². The summed E-state index contributed by atoms with van der Waals surface area (Å²) in [7, 11) is 3.30. The Labute approximate surface area is 97.8 Å². The van der Waals surface area contributed by atoms with E-state index in [1.165, 1.54) is 7.11 Å². The third-order valence-electron chi connectivity index (χ3n) is 2.78. The molecule has 0 aliphatic rings. The monoisotopic (exact) mass is 235 g/mol. The molecule has 90 valence electrons. The highest BCUT2D eigenvalue weighted by atomic mass is 16.5. The second-order valence-corrected chi connectivity index (χ2v) is 3.86. The zero-order valence-electron chi connectivity index (χ0n) is 9.84. The number of methoxy groups -OCH3 is 1. The van der Waals surface area contributed by atoms with Gasteiger partial charge >= 0.3 is 5.97 Å². The van der Waals surface area contributed by atoms with Crippen molar-refractivity contribution in [1.29, 1.82) is 0 Å². The summed E-state index contributed by atoms with van der Waals surface area (Å²) in [5.74, 6) is -0.899. The molecule has 0 fully saturated rings. The normalized spacial score (nSPS) is 12.6. The molecular formula is C11H13N3O3. The molecule has 0 aliphatic carbocycles. The molecule has 1 atom stereocenters. The van der Waals surface area contributed by atoms with Crippen LogP contribution in [0.25, 0.3) is 11.0 Å². The molecule has 6 heteroatoms. The number of rotatable bonds is 3. The van der Waals surface area contributed by atoms with E-state index in [-0.39, 0.29) is 0 Å². The van der Waals surface area contributed by atoms with Crippen LogP contribution >= 0.6 is 0 Å². The Bertz CT molecular complexity index is 577. The number of benzene rings is 1. The minimum Gasteiger partial charge on any atom is -0.494 e. The number of carboxylic acid groups (broad SMARTS) is 1. The van der Waals surface area contributed by atoms with Crippen molar-refractivity contribution in [2.75, 3.05) is 7.11 Å². The third kappa shape index (κ3) is 1.82. The number of ether oxygens (including phenoxy) is 1. The lowest BCUT2D eigenvalue weighted by Gasteiger charge is -2.09. The molecule has 0 amide bonds. The number of aromatic nitrogens is 3. The molecule has 1 heterocycles. The summed E-state index contributed by atoms with van der Waals surface area (Å²) >= 11 is 0. The Morgan fingerprint density at radius 2 is 2.24 bits per heavy atom. The Balaban J connectivity index is 2.65. The Hall–Kier alpha value is -2.11. The predicted molar refractivity (Wildman–Crippen MR) is 61.1 cm³/mol. The maximum atomic E-state index is 11.0. The number of carboxylic acids is 1. The fourth-order valence-electron chi connectivity index (χ4n) is 1.72. The van der Waals surface area contributed by atoms with Crippen molar-refractivity contribution in [1.82, 2.24) is 15.0 Å². The number of hydrogen-bond acceptors (Lipinski definition) is 4.